The Morgan fingerprint density at radius 1 is 1.21 bits per heavy atom. The molecule has 0 aliphatic rings. The number of nitro benzene ring substituents is 1. The summed E-state index contributed by atoms with van der Waals surface area (Å²) in [5.41, 5.74) is 2.37. The largest absolute Gasteiger partial charge is 0.411 e. The van der Waals surface area contributed by atoms with Gasteiger partial charge in [-0.15, -0.1) is 10.2 Å². The molecule has 1 aromatic heterocycles. The molecule has 8 nitrogen and oxygen atoms in total. The van der Waals surface area contributed by atoms with Crippen LogP contribution in [0.25, 0.3) is 11.5 Å². The van der Waals surface area contributed by atoms with Crippen molar-refractivity contribution in [1.82, 2.24) is 10.2 Å². The lowest BCUT2D eigenvalue weighted by atomic mass is 10.1. The van der Waals surface area contributed by atoms with Gasteiger partial charge in [0.1, 0.15) is 0 Å². The van der Waals surface area contributed by atoms with E-state index in [4.69, 9.17) is 4.42 Å². The number of aryl methyl sites for hydroxylation is 1. The average Bonchev–Trinajstić information content (AvgIpc) is 3.21. The molecule has 0 saturated heterocycles. The lowest BCUT2D eigenvalue weighted by Gasteiger charge is -2.05. The van der Waals surface area contributed by atoms with Gasteiger partial charge < -0.3 is 9.73 Å². The number of carbonyl (C=O) groups excluding carboxylic acids is 1. The molecule has 29 heavy (non-hydrogen) atoms. The summed E-state index contributed by atoms with van der Waals surface area (Å²) in [6, 6.07) is 13.7. The summed E-state index contributed by atoms with van der Waals surface area (Å²) in [5.74, 6) is 0.0828. The first-order chi connectivity index (χ1) is 14.0. The van der Waals surface area contributed by atoms with Gasteiger partial charge in [-0.1, -0.05) is 43.3 Å². The number of nitro groups is 1. The minimum absolute atomic E-state index is 0.0602. The van der Waals surface area contributed by atoms with Crippen molar-refractivity contribution in [2.24, 2.45) is 0 Å². The highest BCUT2D eigenvalue weighted by molar-refractivity contribution is 7.99. The highest BCUT2D eigenvalue weighted by Crippen LogP contribution is 2.26. The zero-order valence-electron chi connectivity index (χ0n) is 15.8. The molecule has 0 bridgehead atoms. The van der Waals surface area contributed by atoms with Crippen molar-refractivity contribution >= 4 is 29.0 Å². The molecule has 150 valence electrons. The van der Waals surface area contributed by atoms with Gasteiger partial charge in [-0.25, -0.2) is 0 Å². The summed E-state index contributed by atoms with van der Waals surface area (Å²) in [7, 11) is 0. The van der Waals surface area contributed by atoms with Crippen molar-refractivity contribution in [1.29, 1.82) is 0 Å². The van der Waals surface area contributed by atoms with Gasteiger partial charge in [0.2, 0.25) is 11.8 Å². The molecule has 0 fully saturated rings. The minimum atomic E-state index is -0.490. The number of rotatable bonds is 9. The number of nitrogens with one attached hydrogen (secondary N) is 1. The number of unbranched alkanes of at least 4 members (excludes halogenated alkanes) is 1. The summed E-state index contributed by atoms with van der Waals surface area (Å²) in [4.78, 5) is 22.5. The number of non-ortho nitro benzene ring substituents is 1. The first-order valence-electron chi connectivity index (χ1n) is 9.15. The van der Waals surface area contributed by atoms with Gasteiger partial charge in [-0.2, -0.15) is 0 Å². The van der Waals surface area contributed by atoms with Crippen LogP contribution in [0.5, 0.6) is 0 Å². The molecule has 9 heteroatoms. The van der Waals surface area contributed by atoms with Crippen molar-refractivity contribution in [2.45, 2.75) is 31.4 Å². The second-order valence-corrected chi connectivity index (χ2v) is 7.24. The zero-order chi connectivity index (χ0) is 20.6. The second-order valence-electron chi connectivity index (χ2n) is 6.32. The lowest BCUT2D eigenvalue weighted by molar-refractivity contribution is -0.384. The van der Waals surface area contributed by atoms with Crippen molar-refractivity contribution < 1.29 is 14.1 Å². The van der Waals surface area contributed by atoms with Crippen LogP contribution >= 0.6 is 11.8 Å². The maximum atomic E-state index is 12.1. The smallest absolute Gasteiger partial charge is 0.277 e. The van der Waals surface area contributed by atoms with E-state index in [2.05, 4.69) is 22.4 Å². The summed E-state index contributed by atoms with van der Waals surface area (Å²) in [6.07, 6.45) is 3.32. The third-order valence-corrected chi connectivity index (χ3v) is 4.91. The van der Waals surface area contributed by atoms with Gasteiger partial charge in [0.25, 0.3) is 10.9 Å². The van der Waals surface area contributed by atoms with Gasteiger partial charge >= 0.3 is 0 Å². The van der Waals surface area contributed by atoms with Crippen LogP contribution in [0.4, 0.5) is 11.4 Å². The molecule has 1 heterocycles. The number of nitrogens with zero attached hydrogens (tertiary/aromatic N) is 3. The Bertz CT molecular complexity index is 988. The Balaban J connectivity index is 1.53. The Labute approximate surface area is 171 Å². The molecule has 0 unspecified atom stereocenters. The third kappa shape index (κ3) is 5.89. The van der Waals surface area contributed by atoms with Crippen LogP contribution in [0.15, 0.2) is 58.2 Å². The van der Waals surface area contributed by atoms with E-state index in [-0.39, 0.29) is 28.5 Å². The van der Waals surface area contributed by atoms with Crippen LogP contribution in [0, 0.1) is 10.1 Å². The normalized spacial score (nSPS) is 10.7. The average molecular weight is 412 g/mol. The van der Waals surface area contributed by atoms with Crippen LogP contribution in [-0.2, 0) is 11.2 Å². The fourth-order valence-corrected chi connectivity index (χ4v) is 3.16. The van der Waals surface area contributed by atoms with Crippen LogP contribution in [0.1, 0.15) is 25.3 Å². The Morgan fingerprint density at radius 3 is 2.72 bits per heavy atom. The van der Waals surface area contributed by atoms with Gasteiger partial charge in [-0.05, 0) is 36.6 Å². The summed E-state index contributed by atoms with van der Waals surface area (Å²) in [6.45, 7) is 2.16. The van der Waals surface area contributed by atoms with Crippen molar-refractivity contribution in [3.63, 3.8) is 0 Å². The fraction of sp³-hybridized carbons (Fsp3) is 0.250. The standard InChI is InChI=1S/C20H20N4O4S/c1-2-3-5-14-8-10-16(11-9-14)21-18(25)13-29-20-23-22-19(28-20)15-6-4-7-17(12-15)24(26)27/h4,6-12H,2-3,5,13H2,1H3,(H,21,25). The molecule has 0 radical (unpaired) electrons. The van der Waals surface area contributed by atoms with Gasteiger partial charge in [0.05, 0.1) is 10.7 Å². The first-order valence-corrected chi connectivity index (χ1v) is 10.1. The predicted octanol–water partition coefficient (Wildman–Crippen LogP) is 4.72. The van der Waals surface area contributed by atoms with E-state index in [1.165, 1.54) is 17.7 Å². The van der Waals surface area contributed by atoms with Crippen LogP contribution in [0.2, 0.25) is 0 Å². The number of benzene rings is 2. The zero-order valence-corrected chi connectivity index (χ0v) is 16.6. The summed E-state index contributed by atoms with van der Waals surface area (Å²) in [5, 5.41) is 21.7. The van der Waals surface area contributed by atoms with E-state index in [1.807, 2.05) is 24.3 Å². The monoisotopic (exact) mass is 412 g/mol. The van der Waals surface area contributed by atoms with Gasteiger partial charge in [0.15, 0.2) is 0 Å². The van der Waals surface area contributed by atoms with Crippen molar-refractivity contribution in [3.8, 4) is 11.5 Å². The van der Waals surface area contributed by atoms with Crippen LogP contribution in [-0.4, -0.2) is 26.8 Å². The van der Waals surface area contributed by atoms with E-state index in [1.54, 1.807) is 12.1 Å². The fourth-order valence-electron chi connectivity index (χ4n) is 2.60. The van der Waals surface area contributed by atoms with Crippen LogP contribution in [0.3, 0.4) is 0 Å². The molecule has 1 N–H and O–H groups in total. The maximum absolute atomic E-state index is 12.1. The maximum Gasteiger partial charge on any atom is 0.277 e. The number of hydrogen-bond donors (Lipinski definition) is 1. The van der Waals surface area contributed by atoms with Crippen LogP contribution < -0.4 is 5.32 Å². The second kappa shape index (κ2) is 9.83. The number of amides is 1. The molecular formula is C20H20N4O4S. The van der Waals surface area contributed by atoms with Gasteiger partial charge in [0, 0.05) is 23.4 Å². The molecule has 1 amide bonds. The van der Waals surface area contributed by atoms with E-state index in [0.717, 1.165) is 36.7 Å². The van der Waals surface area contributed by atoms with E-state index < -0.39 is 4.92 Å². The number of carbonyl (C=O) groups is 1. The predicted molar refractivity (Wildman–Crippen MR) is 111 cm³/mol. The van der Waals surface area contributed by atoms with Crippen molar-refractivity contribution in [3.05, 3.63) is 64.2 Å². The number of thioether (sulfide) groups is 1. The molecule has 0 spiro atoms. The molecule has 3 rings (SSSR count). The molecule has 3 aromatic rings. The molecule has 0 saturated carbocycles. The van der Waals surface area contributed by atoms with E-state index >= 15 is 0 Å². The quantitative estimate of drug-likeness (QED) is 0.307. The Kier molecular flexibility index (Phi) is 6.96. The molecule has 0 aliphatic heterocycles. The van der Waals surface area contributed by atoms with Crippen molar-refractivity contribution in [2.75, 3.05) is 11.1 Å². The molecular weight excluding hydrogens is 392 g/mol. The number of anilines is 1. The first kappa shape index (κ1) is 20.5. The highest BCUT2D eigenvalue weighted by atomic mass is 32.2. The molecule has 0 atom stereocenters. The van der Waals surface area contributed by atoms with Gasteiger partial charge in [-0.3, -0.25) is 14.9 Å². The third-order valence-electron chi connectivity index (χ3n) is 4.09. The Morgan fingerprint density at radius 2 is 2.00 bits per heavy atom. The highest BCUT2D eigenvalue weighted by Gasteiger charge is 2.14. The van der Waals surface area contributed by atoms with E-state index in [9.17, 15) is 14.9 Å². The molecule has 2 aromatic carbocycles. The number of hydrogen-bond acceptors (Lipinski definition) is 7. The lowest BCUT2D eigenvalue weighted by Crippen LogP contribution is -2.13. The SMILES string of the molecule is CCCCc1ccc(NC(=O)CSc2nnc(-c3cccc([N+](=O)[O-])c3)o2)cc1. The topological polar surface area (TPSA) is 111 Å². The van der Waals surface area contributed by atoms with E-state index in [0.29, 0.717) is 5.56 Å². The number of aromatic nitrogens is 2. The summed E-state index contributed by atoms with van der Waals surface area (Å²) >= 11 is 1.10. The minimum Gasteiger partial charge on any atom is -0.411 e. The molecule has 0 aliphatic carbocycles. The Hall–Kier alpha value is -3.20. The summed E-state index contributed by atoms with van der Waals surface area (Å²) < 4.78 is 5.50.